The molecule has 1 aromatic rings. The first-order chi connectivity index (χ1) is 6.61. The van der Waals surface area contributed by atoms with Crippen LogP contribution in [0.3, 0.4) is 0 Å². The van der Waals surface area contributed by atoms with Crippen LogP contribution in [0.1, 0.15) is 12.5 Å². The van der Waals surface area contributed by atoms with Crippen molar-refractivity contribution in [2.24, 2.45) is 0 Å². The molecule has 0 spiro atoms. The van der Waals surface area contributed by atoms with Crippen LogP contribution in [0.4, 0.5) is 5.69 Å². The normalized spacial score (nSPS) is 25.4. The maximum atomic E-state index is 12.0. The number of carbonyl (C=O) groups is 1. The average molecular weight is 301 g/mol. The van der Waals surface area contributed by atoms with E-state index in [2.05, 4.69) is 28.7 Å². The molecule has 3 heteroatoms. The Balaban J connectivity index is 2.65. The zero-order valence-corrected chi connectivity index (χ0v) is 10.4. The first-order valence-corrected chi connectivity index (χ1v) is 6.07. The number of anilines is 1. The molecule has 0 fully saturated rings. The van der Waals surface area contributed by atoms with E-state index in [9.17, 15) is 4.79 Å². The highest BCUT2D eigenvalue weighted by molar-refractivity contribution is 14.1. The molecule has 1 aliphatic heterocycles. The van der Waals surface area contributed by atoms with E-state index < -0.39 is 0 Å². The summed E-state index contributed by atoms with van der Waals surface area (Å²) in [6.07, 6.45) is 0. The van der Waals surface area contributed by atoms with Crippen molar-refractivity contribution in [3.05, 3.63) is 29.8 Å². The van der Waals surface area contributed by atoms with Gasteiger partial charge in [-0.2, -0.15) is 0 Å². The Labute approximate surface area is 97.4 Å². The molecular formula is C11H12INO. The predicted octanol–water partition coefficient (Wildman–Crippen LogP) is 2.36. The van der Waals surface area contributed by atoms with Gasteiger partial charge in [-0.15, -0.1) is 0 Å². The Hall–Kier alpha value is -0.580. The Morgan fingerprint density at radius 2 is 2.07 bits per heavy atom. The van der Waals surface area contributed by atoms with Crippen molar-refractivity contribution in [2.75, 3.05) is 16.4 Å². The van der Waals surface area contributed by atoms with Crippen molar-refractivity contribution >= 4 is 34.2 Å². The minimum atomic E-state index is -0.327. The van der Waals surface area contributed by atoms with E-state index >= 15 is 0 Å². The van der Waals surface area contributed by atoms with Gasteiger partial charge in [0.05, 0.1) is 5.41 Å². The lowest BCUT2D eigenvalue weighted by atomic mass is 9.86. The number of likely N-dealkylation sites (N-methyl/N-ethyl adjacent to an activating group) is 1. The van der Waals surface area contributed by atoms with Crippen LogP contribution >= 0.6 is 22.6 Å². The van der Waals surface area contributed by atoms with E-state index in [1.165, 1.54) is 0 Å². The van der Waals surface area contributed by atoms with Crippen molar-refractivity contribution < 1.29 is 4.79 Å². The SMILES string of the molecule is CN1C(=O)C(C)(CI)c2ccccc21. The summed E-state index contributed by atoms with van der Waals surface area (Å²) in [5.74, 6) is 0.202. The van der Waals surface area contributed by atoms with Crippen LogP contribution in [-0.4, -0.2) is 17.4 Å². The summed E-state index contributed by atoms with van der Waals surface area (Å²) in [5.41, 5.74) is 1.88. The maximum absolute atomic E-state index is 12.0. The molecule has 1 atom stereocenters. The number of hydrogen-bond acceptors (Lipinski definition) is 1. The van der Waals surface area contributed by atoms with Crippen molar-refractivity contribution in [2.45, 2.75) is 12.3 Å². The van der Waals surface area contributed by atoms with E-state index in [0.717, 1.165) is 15.7 Å². The van der Waals surface area contributed by atoms with Gasteiger partial charge < -0.3 is 4.90 Å². The summed E-state index contributed by atoms with van der Waals surface area (Å²) in [4.78, 5) is 13.8. The third-order valence-corrected chi connectivity index (χ3v) is 4.43. The molecule has 1 aliphatic rings. The van der Waals surface area contributed by atoms with Crippen LogP contribution in [-0.2, 0) is 10.2 Å². The molecule has 0 radical (unpaired) electrons. The van der Waals surface area contributed by atoms with Gasteiger partial charge in [0.25, 0.3) is 0 Å². The fourth-order valence-electron chi connectivity index (χ4n) is 1.96. The minimum Gasteiger partial charge on any atom is -0.314 e. The zero-order valence-electron chi connectivity index (χ0n) is 8.25. The number of hydrogen-bond donors (Lipinski definition) is 0. The van der Waals surface area contributed by atoms with Gasteiger partial charge >= 0.3 is 0 Å². The topological polar surface area (TPSA) is 20.3 Å². The second-order valence-electron chi connectivity index (χ2n) is 3.85. The van der Waals surface area contributed by atoms with Gasteiger partial charge in [-0.25, -0.2) is 0 Å². The molecule has 1 amide bonds. The highest BCUT2D eigenvalue weighted by Gasteiger charge is 2.44. The van der Waals surface area contributed by atoms with E-state index in [-0.39, 0.29) is 11.3 Å². The number of benzene rings is 1. The summed E-state index contributed by atoms with van der Waals surface area (Å²) in [7, 11) is 1.85. The summed E-state index contributed by atoms with van der Waals surface area (Å²) in [5, 5.41) is 0. The Morgan fingerprint density at radius 1 is 1.43 bits per heavy atom. The molecular weight excluding hydrogens is 289 g/mol. The van der Waals surface area contributed by atoms with E-state index in [1.807, 2.05) is 32.2 Å². The first kappa shape index (κ1) is 9.96. The molecule has 1 aromatic carbocycles. The molecule has 0 aromatic heterocycles. The Bertz CT molecular complexity index is 391. The fraction of sp³-hybridized carbons (Fsp3) is 0.364. The molecule has 2 nitrogen and oxygen atoms in total. The van der Waals surface area contributed by atoms with Crippen LogP contribution < -0.4 is 4.90 Å². The second-order valence-corrected chi connectivity index (χ2v) is 4.61. The number of amides is 1. The Kier molecular flexibility index (Phi) is 2.29. The lowest BCUT2D eigenvalue weighted by Gasteiger charge is -2.19. The molecule has 2 rings (SSSR count). The van der Waals surface area contributed by atoms with Crippen molar-refractivity contribution in [1.82, 2.24) is 0 Å². The highest BCUT2D eigenvalue weighted by atomic mass is 127. The van der Waals surface area contributed by atoms with Crippen LogP contribution in [0.5, 0.6) is 0 Å². The number of carbonyl (C=O) groups excluding carboxylic acids is 1. The average Bonchev–Trinajstić information content (AvgIpc) is 2.43. The zero-order chi connectivity index (χ0) is 10.3. The van der Waals surface area contributed by atoms with Crippen molar-refractivity contribution in [3.8, 4) is 0 Å². The first-order valence-electron chi connectivity index (χ1n) is 4.55. The van der Waals surface area contributed by atoms with E-state index in [4.69, 9.17) is 0 Å². The summed E-state index contributed by atoms with van der Waals surface area (Å²) in [6, 6.07) is 8.03. The van der Waals surface area contributed by atoms with E-state index in [0.29, 0.717) is 0 Å². The standard InChI is InChI=1S/C11H12INO/c1-11(7-12)8-5-3-4-6-9(8)13(2)10(11)14/h3-6H,7H2,1-2H3. The van der Waals surface area contributed by atoms with Gasteiger partial charge in [-0.3, -0.25) is 4.79 Å². The molecule has 0 saturated heterocycles. The van der Waals surface area contributed by atoms with Crippen molar-refractivity contribution in [3.63, 3.8) is 0 Å². The number of alkyl halides is 1. The van der Waals surface area contributed by atoms with Gasteiger partial charge in [-0.1, -0.05) is 40.8 Å². The molecule has 14 heavy (non-hydrogen) atoms. The van der Waals surface area contributed by atoms with E-state index in [1.54, 1.807) is 4.90 Å². The maximum Gasteiger partial charge on any atom is 0.237 e. The smallest absolute Gasteiger partial charge is 0.237 e. The molecule has 0 aliphatic carbocycles. The van der Waals surface area contributed by atoms with Gasteiger partial charge in [0.1, 0.15) is 0 Å². The number of rotatable bonds is 1. The number of nitrogens with zero attached hydrogens (tertiary/aromatic N) is 1. The molecule has 1 unspecified atom stereocenters. The van der Waals surface area contributed by atoms with Crippen LogP contribution in [0.2, 0.25) is 0 Å². The second kappa shape index (κ2) is 3.22. The summed E-state index contributed by atoms with van der Waals surface area (Å²) in [6.45, 7) is 2.02. The molecule has 1 heterocycles. The minimum absolute atomic E-state index is 0.202. The lowest BCUT2D eigenvalue weighted by molar-refractivity contribution is -0.121. The van der Waals surface area contributed by atoms with Gasteiger partial charge in [0.15, 0.2) is 0 Å². The van der Waals surface area contributed by atoms with Crippen LogP contribution in [0.25, 0.3) is 0 Å². The molecule has 74 valence electrons. The number of halogens is 1. The fourth-order valence-corrected chi connectivity index (χ4v) is 2.69. The van der Waals surface area contributed by atoms with Crippen LogP contribution in [0, 0.1) is 0 Å². The monoisotopic (exact) mass is 301 g/mol. The Morgan fingerprint density at radius 3 is 2.71 bits per heavy atom. The van der Waals surface area contributed by atoms with Gasteiger partial charge in [-0.05, 0) is 18.6 Å². The number of fused-ring (bicyclic) bond motifs is 1. The van der Waals surface area contributed by atoms with Crippen LogP contribution in [0.15, 0.2) is 24.3 Å². The van der Waals surface area contributed by atoms with Gasteiger partial charge in [0.2, 0.25) is 5.91 Å². The highest BCUT2D eigenvalue weighted by Crippen LogP contribution is 2.41. The third kappa shape index (κ3) is 1.11. The summed E-state index contributed by atoms with van der Waals surface area (Å²) >= 11 is 2.28. The lowest BCUT2D eigenvalue weighted by Crippen LogP contribution is -2.37. The summed E-state index contributed by atoms with van der Waals surface area (Å²) < 4.78 is 0.824. The largest absolute Gasteiger partial charge is 0.314 e. The quantitative estimate of drug-likeness (QED) is 0.576. The van der Waals surface area contributed by atoms with Gasteiger partial charge in [0, 0.05) is 17.2 Å². The molecule has 0 N–H and O–H groups in total. The molecule has 0 bridgehead atoms. The van der Waals surface area contributed by atoms with Crippen molar-refractivity contribution in [1.29, 1.82) is 0 Å². The molecule has 0 saturated carbocycles. The predicted molar refractivity (Wildman–Crippen MR) is 66.1 cm³/mol. The third-order valence-electron chi connectivity index (χ3n) is 2.90. The number of para-hydroxylation sites is 1.